The molecule has 1 aromatic carbocycles. The normalized spacial score (nSPS) is 14.2. The van der Waals surface area contributed by atoms with Gasteiger partial charge in [0.15, 0.2) is 0 Å². The van der Waals surface area contributed by atoms with Crippen LogP contribution >= 0.6 is 0 Å². The van der Waals surface area contributed by atoms with Crippen LogP contribution in [0.15, 0.2) is 18.2 Å². The molecule has 96 valence electrons. The SMILES string of the molecule is CCCc1ccc2c(c1)C(=O)N(OCCO)C2=O. The largest absolute Gasteiger partial charge is 0.394 e. The maximum Gasteiger partial charge on any atom is 0.285 e. The molecular weight excluding hydrogens is 234 g/mol. The molecule has 0 saturated carbocycles. The molecule has 1 N–H and O–H groups in total. The molecule has 0 aromatic heterocycles. The van der Waals surface area contributed by atoms with Crippen LogP contribution in [0.2, 0.25) is 0 Å². The van der Waals surface area contributed by atoms with Gasteiger partial charge in [-0.3, -0.25) is 14.4 Å². The third kappa shape index (κ3) is 2.14. The monoisotopic (exact) mass is 249 g/mol. The van der Waals surface area contributed by atoms with Gasteiger partial charge in [-0.05, 0) is 24.1 Å². The van der Waals surface area contributed by atoms with Crippen LogP contribution in [-0.2, 0) is 11.3 Å². The number of benzene rings is 1. The number of hydrogen-bond donors (Lipinski definition) is 1. The van der Waals surface area contributed by atoms with E-state index in [1.54, 1.807) is 12.1 Å². The third-order valence-corrected chi connectivity index (χ3v) is 2.76. The molecule has 0 fully saturated rings. The lowest BCUT2D eigenvalue weighted by molar-refractivity contribution is -0.0994. The van der Waals surface area contributed by atoms with Crippen LogP contribution in [0.3, 0.4) is 0 Å². The predicted octanol–water partition coefficient (Wildman–Crippen LogP) is 1.16. The van der Waals surface area contributed by atoms with Gasteiger partial charge in [-0.15, -0.1) is 5.06 Å². The van der Waals surface area contributed by atoms with Crippen molar-refractivity contribution >= 4 is 11.8 Å². The molecule has 1 aliphatic rings. The number of aliphatic hydroxyl groups is 1. The number of imide groups is 1. The Bertz CT molecular complexity index is 484. The van der Waals surface area contributed by atoms with Gasteiger partial charge >= 0.3 is 0 Å². The topological polar surface area (TPSA) is 66.8 Å². The van der Waals surface area contributed by atoms with E-state index >= 15 is 0 Å². The summed E-state index contributed by atoms with van der Waals surface area (Å²) in [5, 5.41) is 9.37. The molecule has 1 heterocycles. The highest BCUT2D eigenvalue weighted by molar-refractivity contribution is 6.20. The fraction of sp³-hybridized carbons (Fsp3) is 0.385. The number of fused-ring (bicyclic) bond motifs is 1. The fourth-order valence-electron chi connectivity index (χ4n) is 1.96. The zero-order valence-corrected chi connectivity index (χ0v) is 10.2. The zero-order valence-electron chi connectivity index (χ0n) is 10.2. The van der Waals surface area contributed by atoms with Crippen LogP contribution in [0.5, 0.6) is 0 Å². The van der Waals surface area contributed by atoms with Gasteiger partial charge < -0.3 is 5.11 Å². The van der Waals surface area contributed by atoms with E-state index in [2.05, 4.69) is 6.92 Å². The number of amides is 2. The molecule has 0 spiro atoms. The van der Waals surface area contributed by atoms with Gasteiger partial charge in [0, 0.05) is 0 Å². The summed E-state index contributed by atoms with van der Waals surface area (Å²) < 4.78 is 0. The number of hydrogen-bond acceptors (Lipinski definition) is 4. The summed E-state index contributed by atoms with van der Waals surface area (Å²) >= 11 is 0. The molecule has 2 amide bonds. The minimum absolute atomic E-state index is 0.0761. The fourth-order valence-corrected chi connectivity index (χ4v) is 1.96. The van der Waals surface area contributed by atoms with E-state index in [0.717, 1.165) is 23.5 Å². The Kier molecular flexibility index (Phi) is 3.74. The van der Waals surface area contributed by atoms with Crippen molar-refractivity contribution in [2.75, 3.05) is 13.2 Å². The van der Waals surface area contributed by atoms with Crippen LogP contribution in [-0.4, -0.2) is 35.2 Å². The lowest BCUT2D eigenvalue weighted by Gasteiger charge is -2.11. The van der Waals surface area contributed by atoms with Crippen molar-refractivity contribution in [2.24, 2.45) is 0 Å². The van der Waals surface area contributed by atoms with Crippen molar-refractivity contribution in [3.8, 4) is 0 Å². The highest BCUT2D eigenvalue weighted by Gasteiger charge is 2.36. The highest BCUT2D eigenvalue weighted by atomic mass is 16.7. The number of aryl methyl sites for hydroxylation is 1. The average molecular weight is 249 g/mol. The molecule has 0 atom stereocenters. The van der Waals surface area contributed by atoms with Crippen molar-refractivity contribution in [1.29, 1.82) is 0 Å². The van der Waals surface area contributed by atoms with Crippen molar-refractivity contribution in [1.82, 2.24) is 5.06 Å². The van der Waals surface area contributed by atoms with Crippen molar-refractivity contribution < 1.29 is 19.5 Å². The van der Waals surface area contributed by atoms with Gasteiger partial charge in [-0.25, -0.2) is 0 Å². The van der Waals surface area contributed by atoms with Gasteiger partial charge in [-0.2, -0.15) is 0 Å². The van der Waals surface area contributed by atoms with E-state index in [4.69, 9.17) is 9.94 Å². The van der Waals surface area contributed by atoms with Crippen LogP contribution in [0, 0.1) is 0 Å². The molecule has 1 aromatic rings. The van der Waals surface area contributed by atoms with Gasteiger partial charge in [-0.1, -0.05) is 19.4 Å². The summed E-state index contributed by atoms with van der Waals surface area (Å²) in [6, 6.07) is 5.24. The first-order valence-corrected chi connectivity index (χ1v) is 5.94. The molecule has 2 rings (SSSR count). The molecule has 1 aliphatic heterocycles. The van der Waals surface area contributed by atoms with Gasteiger partial charge in [0.05, 0.1) is 24.3 Å². The standard InChI is InChI=1S/C13H15NO4/c1-2-3-9-4-5-10-11(8-9)13(17)14(12(10)16)18-7-6-15/h4-5,8,15H,2-3,6-7H2,1H3. The smallest absolute Gasteiger partial charge is 0.285 e. The van der Waals surface area contributed by atoms with E-state index in [9.17, 15) is 9.59 Å². The number of carbonyl (C=O) groups is 2. The summed E-state index contributed by atoms with van der Waals surface area (Å²) in [5.41, 5.74) is 1.77. The molecule has 0 bridgehead atoms. The molecule has 5 nitrogen and oxygen atoms in total. The summed E-state index contributed by atoms with van der Waals surface area (Å²) in [7, 11) is 0. The summed E-state index contributed by atoms with van der Waals surface area (Å²) in [5.74, 6) is -0.923. The summed E-state index contributed by atoms with van der Waals surface area (Å²) in [6.45, 7) is 1.73. The van der Waals surface area contributed by atoms with Gasteiger partial charge in [0.1, 0.15) is 0 Å². The Morgan fingerprint density at radius 2 is 1.94 bits per heavy atom. The molecule has 0 radical (unpaired) electrons. The van der Waals surface area contributed by atoms with Crippen LogP contribution in [0.1, 0.15) is 39.6 Å². The average Bonchev–Trinajstić information content (AvgIpc) is 2.60. The second kappa shape index (κ2) is 5.29. The number of carbonyl (C=O) groups excluding carboxylic acids is 2. The highest BCUT2D eigenvalue weighted by Crippen LogP contribution is 2.24. The molecule has 18 heavy (non-hydrogen) atoms. The quantitative estimate of drug-likeness (QED) is 0.795. The first-order valence-electron chi connectivity index (χ1n) is 5.94. The Hall–Kier alpha value is -1.72. The van der Waals surface area contributed by atoms with Crippen molar-refractivity contribution in [3.05, 3.63) is 34.9 Å². The van der Waals surface area contributed by atoms with E-state index in [1.165, 1.54) is 0 Å². The molecule has 0 saturated heterocycles. The predicted molar refractivity (Wildman–Crippen MR) is 64.0 cm³/mol. The minimum atomic E-state index is -0.466. The van der Waals surface area contributed by atoms with Crippen molar-refractivity contribution in [3.63, 3.8) is 0 Å². The molecule has 0 aliphatic carbocycles. The molecular formula is C13H15NO4. The van der Waals surface area contributed by atoms with Crippen LogP contribution in [0.4, 0.5) is 0 Å². The lowest BCUT2D eigenvalue weighted by Crippen LogP contribution is -2.31. The Balaban J connectivity index is 2.27. The zero-order chi connectivity index (χ0) is 13.1. The first-order chi connectivity index (χ1) is 8.69. The van der Waals surface area contributed by atoms with Crippen molar-refractivity contribution in [2.45, 2.75) is 19.8 Å². The van der Waals surface area contributed by atoms with E-state index in [-0.39, 0.29) is 13.2 Å². The second-order valence-electron chi connectivity index (χ2n) is 4.09. The van der Waals surface area contributed by atoms with E-state index in [1.807, 2.05) is 6.07 Å². The van der Waals surface area contributed by atoms with Crippen LogP contribution in [0.25, 0.3) is 0 Å². The summed E-state index contributed by atoms with van der Waals surface area (Å²) in [4.78, 5) is 28.8. The van der Waals surface area contributed by atoms with E-state index < -0.39 is 11.8 Å². The van der Waals surface area contributed by atoms with Gasteiger partial charge in [0.25, 0.3) is 11.8 Å². The number of rotatable bonds is 5. The maximum absolute atomic E-state index is 12.0. The van der Waals surface area contributed by atoms with Gasteiger partial charge in [0.2, 0.25) is 0 Å². The van der Waals surface area contributed by atoms with E-state index in [0.29, 0.717) is 11.1 Å². The minimum Gasteiger partial charge on any atom is -0.394 e. The summed E-state index contributed by atoms with van der Waals surface area (Å²) in [6.07, 6.45) is 1.85. The number of hydroxylamine groups is 2. The maximum atomic E-state index is 12.0. The Morgan fingerprint density at radius 1 is 1.22 bits per heavy atom. The Morgan fingerprint density at radius 3 is 2.61 bits per heavy atom. The lowest BCUT2D eigenvalue weighted by atomic mass is 10.0. The third-order valence-electron chi connectivity index (χ3n) is 2.76. The number of nitrogens with zero attached hydrogens (tertiary/aromatic N) is 1. The molecule has 5 heteroatoms. The molecule has 0 unspecified atom stereocenters. The van der Waals surface area contributed by atoms with Crippen LogP contribution < -0.4 is 0 Å². The Labute approximate surface area is 105 Å². The number of aliphatic hydroxyl groups excluding tert-OH is 1. The second-order valence-corrected chi connectivity index (χ2v) is 4.09. The first kappa shape index (κ1) is 12.7.